The van der Waals surface area contributed by atoms with E-state index in [-0.39, 0.29) is 23.0 Å². The van der Waals surface area contributed by atoms with E-state index in [2.05, 4.69) is 17.4 Å². The van der Waals surface area contributed by atoms with E-state index in [0.717, 1.165) is 18.4 Å². The Morgan fingerprint density at radius 1 is 1.17 bits per heavy atom. The number of nitro groups is 1. The van der Waals surface area contributed by atoms with Crippen LogP contribution in [0.3, 0.4) is 0 Å². The number of hydrogen-bond donors (Lipinski definition) is 1. The van der Waals surface area contributed by atoms with E-state index >= 15 is 0 Å². The molecule has 1 amide bonds. The van der Waals surface area contributed by atoms with Gasteiger partial charge in [0.05, 0.1) is 30.7 Å². The van der Waals surface area contributed by atoms with E-state index in [1.54, 1.807) is 6.92 Å². The molecule has 2 aromatic carbocycles. The van der Waals surface area contributed by atoms with Crippen LogP contribution in [0.5, 0.6) is 11.5 Å². The molecule has 1 atom stereocenters. The van der Waals surface area contributed by atoms with Crippen molar-refractivity contribution in [3.8, 4) is 11.5 Å². The van der Waals surface area contributed by atoms with Crippen molar-refractivity contribution in [3.05, 3.63) is 62.7 Å². The van der Waals surface area contributed by atoms with Crippen LogP contribution in [0.4, 0.5) is 5.69 Å². The topological polar surface area (TPSA) is 90.7 Å². The van der Waals surface area contributed by atoms with E-state index in [4.69, 9.17) is 9.47 Å². The maximum Gasteiger partial charge on any atom is 0.286 e. The Morgan fingerprint density at radius 2 is 1.90 bits per heavy atom. The number of aryl methyl sites for hydroxylation is 2. The Morgan fingerprint density at radius 3 is 2.55 bits per heavy atom. The van der Waals surface area contributed by atoms with Crippen LogP contribution in [0, 0.1) is 10.1 Å². The Bertz CT molecular complexity index is 926. The van der Waals surface area contributed by atoms with Crippen molar-refractivity contribution in [1.29, 1.82) is 0 Å². The number of nitrogens with one attached hydrogen (secondary N) is 1. The predicted molar refractivity (Wildman–Crippen MR) is 110 cm³/mol. The van der Waals surface area contributed by atoms with E-state index in [9.17, 15) is 14.9 Å². The highest BCUT2D eigenvalue weighted by Gasteiger charge is 2.26. The van der Waals surface area contributed by atoms with Crippen molar-refractivity contribution in [2.45, 2.75) is 45.6 Å². The van der Waals surface area contributed by atoms with Gasteiger partial charge in [-0.3, -0.25) is 14.9 Å². The molecule has 1 aliphatic carbocycles. The second-order valence-electron chi connectivity index (χ2n) is 7.14. The van der Waals surface area contributed by atoms with Crippen LogP contribution in [0.25, 0.3) is 0 Å². The standard InChI is InChI=1S/C22H26N2O5/c1-4-29-21-12-18(19(24(26)27)13-20(21)28-3)22(25)23-14(2)16-10-9-15-7-5-6-8-17(15)11-16/h9-14H,4-8H2,1-3H3,(H,23,25). The van der Waals surface area contributed by atoms with Crippen LogP contribution in [-0.2, 0) is 12.8 Å². The summed E-state index contributed by atoms with van der Waals surface area (Å²) in [6, 6.07) is 8.58. The third-order valence-electron chi connectivity index (χ3n) is 5.24. The van der Waals surface area contributed by atoms with Gasteiger partial charge in [-0.2, -0.15) is 0 Å². The predicted octanol–water partition coefficient (Wildman–Crippen LogP) is 4.37. The fourth-order valence-corrected chi connectivity index (χ4v) is 3.69. The molecule has 7 nitrogen and oxygen atoms in total. The summed E-state index contributed by atoms with van der Waals surface area (Å²) in [5, 5.41) is 14.4. The molecule has 1 N–H and O–H groups in total. The summed E-state index contributed by atoms with van der Waals surface area (Å²) in [6.07, 6.45) is 4.53. The lowest BCUT2D eigenvalue weighted by molar-refractivity contribution is -0.385. The summed E-state index contributed by atoms with van der Waals surface area (Å²) >= 11 is 0. The molecule has 0 radical (unpaired) electrons. The van der Waals surface area contributed by atoms with Crippen LogP contribution < -0.4 is 14.8 Å². The second kappa shape index (κ2) is 8.94. The molecule has 3 rings (SSSR count). The molecule has 1 aliphatic rings. The van der Waals surface area contributed by atoms with E-state index in [1.165, 1.54) is 43.2 Å². The molecule has 0 aliphatic heterocycles. The molecule has 0 bridgehead atoms. The highest BCUT2D eigenvalue weighted by atomic mass is 16.6. The molecular formula is C22H26N2O5. The number of fused-ring (bicyclic) bond motifs is 1. The summed E-state index contributed by atoms with van der Waals surface area (Å²) in [5.41, 5.74) is 3.30. The molecule has 2 aromatic rings. The van der Waals surface area contributed by atoms with Gasteiger partial charge in [0, 0.05) is 6.07 Å². The number of nitro benzene ring substituents is 1. The highest BCUT2D eigenvalue weighted by molar-refractivity contribution is 5.99. The molecule has 0 spiro atoms. The minimum atomic E-state index is -0.587. The smallest absolute Gasteiger partial charge is 0.286 e. The SMILES string of the molecule is CCOc1cc(C(=O)NC(C)c2ccc3c(c2)CCCC3)c([N+](=O)[O-])cc1OC. The first-order chi connectivity index (χ1) is 13.9. The molecule has 0 fully saturated rings. The molecule has 0 saturated heterocycles. The van der Waals surface area contributed by atoms with E-state index in [1.807, 2.05) is 13.0 Å². The van der Waals surface area contributed by atoms with Crippen molar-refractivity contribution in [2.24, 2.45) is 0 Å². The van der Waals surface area contributed by atoms with Gasteiger partial charge in [-0.05, 0) is 56.2 Å². The quantitative estimate of drug-likeness (QED) is 0.552. The number of carbonyl (C=O) groups excluding carboxylic acids is 1. The van der Waals surface area contributed by atoms with Gasteiger partial charge in [0.2, 0.25) is 0 Å². The zero-order chi connectivity index (χ0) is 21.0. The van der Waals surface area contributed by atoms with Gasteiger partial charge in [0.25, 0.3) is 11.6 Å². The maximum atomic E-state index is 12.9. The summed E-state index contributed by atoms with van der Waals surface area (Å²) in [7, 11) is 1.40. The van der Waals surface area contributed by atoms with Crippen molar-refractivity contribution in [2.75, 3.05) is 13.7 Å². The summed E-state index contributed by atoms with van der Waals surface area (Å²) < 4.78 is 10.6. The summed E-state index contributed by atoms with van der Waals surface area (Å²) in [5.74, 6) is -0.00412. The van der Waals surface area contributed by atoms with Crippen molar-refractivity contribution >= 4 is 11.6 Å². The number of methoxy groups -OCH3 is 1. The van der Waals surface area contributed by atoms with Crippen LogP contribution in [0.15, 0.2) is 30.3 Å². The number of carbonyl (C=O) groups is 1. The zero-order valence-corrected chi connectivity index (χ0v) is 17.0. The molecule has 7 heteroatoms. The molecule has 29 heavy (non-hydrogen) atoms. The number of ether oxygens (including phenoxy) is 2. The Kier molecular flexibility index (Phi) is 6.36. The maximum absolute atomic E-state index is 12.9. The van der Waals surface area contributed by atoms with Crippen molar-refractivity contribution in [1.82, 2.24) is 5.32 Å². The minimum Gasteiger partial charge on any atom is -0.493 e. The van der Waals surface area contributed by atoms with E-state index < -0.39 is 10.8 Å². The normalized spacial score (nSPS) is 13.9. The first-order valence-corrected chi connectivity index (χ1v) is 9.86. The number of nitrogens with zero attached hydrogens (tertiary/aromatic N) is 1. The second-order valence-corrected chi connectivity index (χ2v) is 7.14. The van der Waals surface area contributed by atoms with Crippen LogP contribution in [0.2, 0.25) is 0 Å². The molecular weight excluding hydrogens is 372 g/mol. The van der Waals surface area contributed by atoms with Crippen molar-refractivity contribution < 1.29 is 19.2 Å². The van der Waals surface area contributed by atoms with Gasteiger partial charge < -0.3 is 14.8 Å². The Hall–Kier alpha value is -3.09. The van der Waals surface area contributed by atoms with Gasteiger partial charge in [0.1, 0.15) is 5.56 Å². The third kappa shape index (κ3) is 4.50. The molecule has 1 unspecified atom stereocenters. The molecule has 154 valence electrons. The summed E-state index contributed by atoms with van der Waals surface area (Å²) in [6.45, 7) is 4.01. The third-order valence-corrected chi connectivity index (χ3v) is 5.24. The number of amides is 1. The minimum absolute atomic E-state index is 0.0518. The Balaban J connectivity index is 1.87. The monoisotopic (exact) mass is 398 g/mol. The average Bonchev–Trinajstić information content (AvgIpc) is 2.73. The van der Waals surface area contributed by atoms with Crippen LogP contribution in [0.1, 0.15) is 59.8 Å². The molecule has 0 heterocycles. The lowest BCUT2D eigenvalue weighted by atomic mass is 9.89. The lowest BCUT2D eigenvalue weighted by Crippen LogP contribution is -2.27. The van der Waals surface area contributed by atoms with Gasteiger partial charge >= 0.3 is 0 Å². The Labute approximate surface area is 170 Å². The van der Waals surface area contributed by atoms with Gasteiger partial charge in [-0.15, -0.1) is 0 Å². The molecule has 0 saturated carbocycles. The van der Waals surface area contributed by atoms with Gasteiger partial charge in [-0.25, -0.2) is 0 Å². The largest absolute Gasteiger partial charge is 0.493 e. The summed E-state index contributed by atoms with van der Waals surface area (Å²) in [4.78, 5) is 23.8. The first kappa shape index (κ1) is 20.6. The van der Waals surface area contributed by atoms with Gasteiger partial charge in [0.15, 0.2) is 11.5 Å². The zero-order valence-electron chi connectivity index (χ0n) is 17.0. The fraction of sp³-hybridized carbons (Fsp3) is 0.409. The van der Waals surface area contributed by atoms with Crippen molar-refractivity contribution in [3.63, 3.8) is 0 Å². The number of hydrogen-bond acceptors (Lipinski definition) is 5. The van der Waals surface area contributed by atoms with E-state index in [0.29, 0.717) is 12.4 Å². The average molecular weight is 398 g/mol. The lowest BCUT2D eigenvalue weighted by Gasteiger charge is -2.20. The highest BCUT2D eigenvalue weighted by Crippen LogP contribution is 2.35. The van der Waals surface area contributed by atoms with Crippen LogP contribution in [-0.4, -0.2) is 24.5 Å². The van der Waals surface area contributed by atoms with Gasteiger partial charge in [-0.1, -0.05) is 18.2 Å². The number of benzene rings is 2. The van der Waals surface area contributed by atoms with Crippen LogP contribution >= 0.6 is 0 Å². The number of rotatable bonds is 7. The first-order valence-electron chi connectivity index (χ1n) is 9.86. The fourth-order valence-electron chi connectivity index (χ4n) is 3.69. The molecule has 0 aromatic heterocycles.